The molecule has 0 saturated heterocycles. The van der Waals surface area contributed by atoms with Gasteiger partial charge >= 0.3 is 5.97 Å². The molecule has 1 amide bonds. The highest BCUT2D eigenvalue weighted by molar-refractivity contribution is 7.99. The number of carbonyl (C=O) groups is 2. The van der Waals surface area contributed by atoms with E-state index in [4.69, 9.17) is 5.11 Å². The molecule has 1 aliphatic rings. The summed E-state index contributed by atoms with van der Waals surface area (Å²) in [7, 11) is 0. The third-order valence-corrected chi connectivity index (χ3v) is 4.57. The van der Waals surface area contributed by atoms with Crippen molar-refractivity contribution in [3.8, 4) is 0 Å². The zero-order valence-corrected chi connectivity index (χ0v) is 13.0. The van der Waals surface area contributed by atoms with Crippen molar-refractivity contribution >= 4 is 23.6 Å². The normalized spacial score (nSPS) is 21.7. The number of nitrogens with one attached hydrogen (secondary N) is 1. The van der Waals surface area contributed by atoms with Crippen LogP contribution >= 0.6 is 11.8 Å². The molecule has 116 valence electrons. The summed E-state index contributed by atoms with van der Waals surface area (Å²) < 4.78 is 1.90. The first-order chi connectivity index (χ1) is 9.99. The van der Waals surface area contributed by atoms with Crippen LogP contribution < -0.4 is 5.32 Å². The van der Waals surface area contributed by atoms with E-state index in [0.717, 1.165) is 12.8 Å². The predicted molar refractivity (Wildman–Crippen MR) is 78.0 cm³/mol. The molecule has 0 aliphatic heterocycles. The molecule has 0 aromatic carbocycles. The van der Waals surface area contributed by atoms with Gasteiger partial charge in [-0.15, -0.1) is 10.2 Å². The van der Waals surface area contributed by atoms with Crippen molar-refractivity contribution < 1.29 is 14.7 Å². The standard InChI is InChI=1S/C13H20N4O3S/c1-8(2)17-7-14-16-13(17)21-6-11(18)15-10-5-3-4-9(10)12(19)20/h7-10H,3-6H2,1-2H3,(H,15,18)(H,19,20). The first kappa shape index (κ1) is 15.8. The van der Waals surface area contributed by atoms with Crippen molar-refractivity contribution in [2.45, 2.75) is 50.4 Å². The Morgan fingerprint density at radius 2 is 2.29 bits per heavy atom. The summed E-state index contributed by atoms with van der Waals surface area (Å²) in [6.07, 6.45) is 3.85. The second kappa shape index (κ2) is 6.93. The fourth-order valence-electron chi connectivity index (χ4n) is 2.50. The van der Waals surface area contributed by atoms with Gasteiger partial charge in [-0.25, -0.2) is 0 Å². The number of hydrogen-bond donors (Lipinski definition) is 2. The Bertz CT molecular complexity index is 517. The molecule has 1 aliphatic carbocycles. The summed E-state index contributed by atoms with van der Waals surface area (Å²) in [4.78, 5) is 23.0. The SMILES string of the molecule is CC(C)n1cnnc1SCC(=O)NC1CCCC1C(=O)O. The number of nitrogens with zero attached hydrogens (tertiary/aromatic N) is 3. The molecule has 2 unspecified atom stereocenters. The van der Waals surface area contributed by atoms with Crippen LogP contribution in [0.1, 0.15) is 39.2 Å². The second-order valence-electron chi connectivity index (χ2n) is 5.45. The van der Waals surface area contributed by atoms with Crippen molar-refractivity contribution in [1.82, 2.24) is 20.1 Å². The van der Waals surface area contributed by atoms with Gasteiger partial charge in [-0.2, -0.15) is 0 Å². The number of carboxylic acid groups (broad SMARTS) is 1. The monoisotopic (exact) mass is 312 g/mol. The van der Waals surface area contributed by atoms with Gasteiger partial charge in [0.15, 0.2) is 5.16 Å². The van der Waals surface area contributed by atoms with Gasteiger partial charge < -0.3 is 15.0 Å². The van der Waals surface area contributed by atoms with Gasteiger partial charge in [0.25, 0.3) is 0 Å². The molecule has 0 radical (unpaired) electrons. The number of carbonyl (C=O) groups excluding carboxylic acids is 1. The number of hydrogen-bond acceptors (Lipinski definition) is 5. The summed E-state index contributed by atoms with van der Waals surface area (Å²) in [5.41, 5.74) is 0. The Morgan fingerprint density at radius 3 is 2.95 bits per heavy atom. The number of thioether (sulfide) groups is 1. The van der Waals surface area contributed by atoms with Crippen molar-refractivity contribution in [2.24, 2.45) is 5.92 Å². The molecule has 2 atom stereocenters. The van der Waals surface area contributed by atoms with E-state index in [1.165, 1.54) is 11.8 Å². The molecule has 8 heteroatoms. The van der Waals surface area contributed by atoms with Crippen LogP contribution in [0.25, 0.3) is 0 Å². The molecule has 0 bridgehead atoms. The molecular weight excluding hydrogens is 292 g/mol. The lowest BCUT2D eigenvalue weighted by atomic mass is 10.0. The third-order valence-electron chi connectivity index (χ3n) is 3.61. The lowest BCUT2D eigenvalue weighted by Crippen LogP contribution is -2.41. The Kier molecular flexibility index (Phi) is 5.22. The molecule has 7 nitrogen and oxygen atoms in total. The number of amides is 1. The van der Waals surface area contributed by atoms with Crippen LogP contribution in [0.3, 0.4) is 0 Å². The van der Waals surface area contributed by atoms with Crippen LogP contribution in [0.5, 0.6) is 0 Å². The molecule has 1 fully saturated rings. The fourth-order valence-corrected chi connectivity index (χ4v) is 3.35. The van der Waals surface area contributed by atoms with Crippen LogP contribution in [-0.4, -0.2) is 43.5 Å². The smallest absolute Gasteiger partial charge is 0.308 e. The van der Waals surface area contributed by atoms with Crippen molar-refractivity contribution in [2.75, 3.05) is 5.75 Å². The van der Waals surface area contributed by atoms with Crippen LogP contribution in [0.4, 0.5) is 0 Å². The quantitative estimate of drug-likeness (QED) is 0.769. The Hall–Kier alpha value is -1.57. The van der Waals surface area contributed by atoms with E-state index in [-0.39, 0.29) is 23.7 Å². The minimum Gasteiger partial charge on any atom is -0.481 e. The first-order valence-corrected chi connectivity index (χ1v) is 8.02. The lowest BCUT2D eigenvalue weighted by molar-refractivity contribution is -0.142. The highest BCUT2D eigenvalue weighted by Crippen LogP contribution is 2.26. The maximum atomic E-state index is 12.0. The number of rotatable bonds is 6. The van der Waals surface area contributed by atoms with Gasteiger partial charge in [-0.1, -0.05) is 18.2 Å². The van der Waals surface area contributed by atoms with Crippen molar-refractivity contribution in [3.05, 3.63) is 6.33 Å². The van der Waals surface area contributed by atoms with E-state index in [2.05, 4.69) is 15.5 Å². The van der Waals surface area contributed by atoms with E-state index in [0.29, 0.717) is 11.6 Å². The summed E-state index contributed by atoms with van der Waals surface area (Å²) in [6, 6.07) is -0.0182. The number of carboxylic acids is 1. The average molecular weight is 312 g/mol. The molecule has 2 rings (SSSR count). The van der Waals surface area contributed by atoms with Gasteiger partial charge in [-0.05, 0) is 26.7 Å². The van der Waals surface area contributed by atoms with Gasteiger partial charge in [0.2, 0.25) is 5.91 Å². The molecule has 1 saturated carbocycles. The van der Waals surface area contributed by atoms with Gasteiger partial charge in [-0.3, -0.25) is 9.59 Å². The molecule has 1 heterocycles. The van der Waals surface area contributed by atoms with E-state index in [1.54, 1.807) is 6.33 Å². The molecule has 1 aromatic rings. The Balaban J connectivity index is 1.85. The first-order valence-electron chi connectivity index (χ1n) is 7.03. The topological polar surface area (TPSA) is 97.1 Å². The molecule has 1 aromatic heterocycles. The Morgan fingerprint density at radius 1 is 1.52 bits per heavy atom. The zero-order valence-electron chi connectivity index (χ0n) is 12.2. The van der Waals surface area contributed by atoms with Crippen LogP contribution in [0.15, 0.2) is 11.5 Å². The average Bonchev–Trinajstić information content (AvgIpc) is 3.04. The van der Waals surface area contributed by atoms with Gasteiger partial charge in [0.1, 0.15) is 6.33 Å². The third kappa shape index (κ3) is 3.96. The summed E-state index contributed by atoms with van der Waals surface area (Å²) >= 11 is 1.31. The van der Waals surface area contributed by atoms with Crippen molar-refractivity contribution in [1.29, 1.82) is 0 Å². The highest BCUT2D eigenvalue weighted by Gasteiger charge is 2.33. The second-order valence-corrected chi connectivity index (χ2v) is 6.40. The maximum Gasteiger partial charge on any atom is 0.308 e. The highest BCUT2D eigenvalue weighted by atomic mass is 32.2. The minimum absolute atomic E-state index is 0.156. The number of aromatic nitrogens is 3. The fraction of sp³-hybridized carbons (Fsp3) is 0.692. The van der Waals surface area contributed by atoms with E-state index in [1.807, 2.05) is 18.4 Å². The van der Waals surface area contributed by atoms with E-state index in [9.17, 15) is 9.59 Å². The van der Waals surface area contributed by atoms with E-state index >= 15 is 0 Å². The molecular formula is C13H20N4O3S. The van der Waals surface area contributed by atoms with Crippen molar-refractivity contribution in [3.63, 3.8) is 0 Å². The predicted octanol–water partition coefficient (Wildman–Crippen LogP) is 1.32. The minimum atomic E-state index is -0.829. The molecule has 21 heavy (non-hydrogen) atoms. The summed E-state index contributed by atoms with van der Waals surface area (Å²) in [5, 5.41) is 20.4. The Labute approximate surface area is 127 Å². The molecule has 0 spiro atoms. The summed E-state index contributed by atoms with van der Waals surface area (Å²) in [6.45, 7) is 4.03. The van der Waals surface area contributed by atoms with E-state index < -0.39 is 11.9 Å². The maximum absolute atomic E-state index is 12.0. The van der Waals surface area contributed by atoms with Crippen LogP contribution in [0.2, 0.25) is 0 Å². The molecule has 2 N–H and O–H groups in total. The van der Waals surface area contributed by atoms with Crippen LogP contribution in [0, 0.1) is 5.92 Å². The summed E-state index contributed by atoms with van der Waals surface area (Å²) in [5.74, 6) is -1.23. The lowest BCUT2D eigenvalue weighted by Gasteiger charge is -2.17. The van der Waals surface area contributed by atoms with Crippen LogP contribution in [-0.2, 0) is 9.59 Å². The number of aliphatic carboxylic acids is 1. The largest absolute Gasteiger partial charge is 0.481 e. The van der Waals surface area contributed by atoms with Gasteiger partial charge in [0.05, 0.1) is 11.7 Å². The zero-order chi connectivity index (χ0) is 15.4. The van der Waals surface area contributed by atoms with Gasteiger partial charge in [0, 0.05) is 12.1 Å².